The van der Waals surface area contributed by atoms with Gasteiger partial charge in [0, 0.05) is 35.3 Å². The van der Waals surface area contributed by atoms with Crippen molar-refractivity contribution >= 4 is 33.9 Å². The molecule has 0 unspecified atom stereocenters. The SMILES string of the molecule is CCOc1ccc2[nH]c(=O)c(CN(C[C@@H]3CCCO3)C(=S)Nc3ccc(C)cc3)cc2c1. The van der Waals surface area contributed by atoms with Gasteiger partial charge in [-0.3, -0.25) is 4.79 Å². The fourth-order valence-electron chi connectivity index (χ4n) is 3.90. The van der Waals surface area contributed by atoms with Gasteiger partial charge in [-0.2, -0.15) is 0 Å². The first-order chi connectivity index (χ1) is 15.5. The number of rotatable bonds is 7. The molecule has 1 aromatic heterocycles. The number of nitrogens with one attached hydrogen (secondary N) is 2. The van der Waals surface area contributed by atoms with Crippen LogP contribution in [-0.4, -0.2) is 40.9 Å². The Morgan fingerprint density at radius 2 is 2.06 bits per heavy atom. The second kappa shape index (κ2) is 10.1. The van der Waals surface area contributed by atoms with Crippen LogP contribution >= 0.6 is 12.2 Å². The standard InChI is InChI=1S/C25H29N3O3S/c1-3-30-21-10-11-23-18(14-21)13-19(24(29)27-23)15-28(16-22-5-4-12-31-22)25(32)26-20-8-6-17(2)7-9-20/h6-11,13-14,22H,3-5,12,15-16H2,1-2H3,(H,26,32)(H,27,29)/t22-/m0/s1. The van der Waals surface area contributed by atoms with Crippen molar-refractivity contribution in [1.29, 1.82) is 0 Å². The van der Waals surface area contributed by atoms with Crippen LogP contribution in [0.25, 0.3) is 10.9 Å². The minimum atomic E-state index is -0.114. The van der Waals surface area contributed by atoms with Crippen molar-refractivity contribution < 1.29 is 9.47 Å². The summed E-state index contributed by atoms with van der Waals surface area (Å²) < 4.78 is 11.5. The molecule has 0 radical (unpaired) electrons. The van der Waals surface area contributed by atoms with Crippen LogP contribution in [0.3, 0.4) is 0 Å². The van der Waals surface area contributed by atoms with Crippen LogP contribution in [0.5, 0.6) is 5.75 Å². The highest BCUT2D eigenvalue weighted by Crippen LogP contribution is 2.21. The number of benzene rings is 2. The molecule has 168 valence electrons. The third-order valence-corrected chi connectivity index (χ3v) is 5.96. The van der Waals surface area contributed by atoms with E-state index in [0.29, 0.717) is 30.4 Å². The number of aryl methyl sites for hydroxylation is 1. The van der Waals surface area contributed by atoms with Crippen LogP contribution in [0.15, 0.2) is 53.3 Å². The van der Waals surface area contributed by atoms with Crippen LogP contribution < -0.4 is 15.6 Å². The average molecular weight is 452 g/mol. The van der Waals surface area contributed by atoms with E-state index in [1.165, 1.54) is 5.56 Å². The van der Waals surface area contributed by atoms with Gasteiger partial charge >= 0.3 is 0 Å². The molecule has 1 fully saturated rings. The number of ether oxygens (including phenoxy) is 2. The molecule has 0 aliphatic carbocycles. The van der Waals surface area contributed by atoms with Gasteiger partial charge in [0.15, 0.2) is 5.11 Å². The fraction of sp³-hybridized carbons (Fsp3) is 0.360. The first kappa shape index (κ1) is 22.3. The van der Waals surface area contributed by atoms with Crippen molar-refractivity contribution in [3.05, 3.63) is 70.0 Å². The number of thiocarbonyl (C=S) groups is 1. The van der Waals surface area contributed by atoms with Crippen molar-refractivity contribution in [2.45, 2.75) is 39.3 Å². The Morgan fingerprint density at radius 1 is 1.25 bits per heavy atom. The number of aromatic nitrogens is 1. The monoisotopic (exact) mass is 451 g/mol. The summed E-state index contributed by atoms with van der Waals surface area (Å²) in [5, 5.41) is 4.82. The van der Waals surface area contributed by atoms with Gasteiger partial charge in [-0.25, -0.2) is 0 Å². The maximum Gasteiger partial charge on any atom is 0.253 e. The number of anilines is 1. The number of nitrogens with zero attached hydrogens (tertiary/aromatic N) is 1. The molecule has 0 saturated carbocycles. The first-order valence-electron chi connectivity index (χ1n) is 11.0. The molecule has 1 saturated heterocycles. The van der Waals surface area contributed by atoms with E-state index in [-0.39, 0.29) is 11.7 Å². The Bertz CT molecular complexity index is 1140. The van der Waals surface area contributed by atoms with Gasteiger partial charge in [0.1, 0.15) is 5.75 Å². The van der Waals surface area contributed by atoms with E-state index in [9.17, 15) is 4.79 Å². The number of fused-ring (bicyclic) bond motifs is 1. The first-order valence-corrected chi connectivity index (χ1v) is 11.5. The summed E-state index contributed by atoms with van der Waals surface area (Å²) in [7, 11) is 0. The van der Waals surface area contributed by atoms with Crippen molar-refractivity contribution in [2.75, 3.05) is 25.1 Å². The van der Waals surface area contributed by atoms with E-state index >= 15 is 0 Å². The second-order valence-electron chi connectivity index (χ2n) is 8.12. The molecule has 1 aliphatic rings. The molecule has 0 bridgehead atoms. The Kier molecular flexibility index (Phi) is 7.07. The van der Waals surface area contributed by atoms with Crippen LogP contribution in [0.2, 0.25) is 0 Å². The Morgan fingerprint density at radius 3 is 2.78 bits per heavy atom. The summed E-state index contributed by atoms with van der Waals surface area (Å²) in [6.45, 7) is 6.39. The Hall–Kier alpha value is -2.90. The number of hydrogen-bond acceptors (Lipinski definition) is 4. The molecule has 0 spiro atoms. The molecule has 4 rings (SSSR count). The van der Waals surface area contributed by atoms with Gasteiger partial charge in [0.05, 0.1) is 19.3 Å². The lowest BCUT2D eigenvalue weighted by Crippen LogP contribution is -2.40. The van der Waals surface area contributed by atoms with Gasteiger partial charge in [-0.15, -0.1) is 0 Å². The Labute approximate surface area is 193 Å². The molecule has 32 heavy (non-hydrogen) atoms. The summed E-state index contributed by atoms with van der Waals surface area (Å²) in [5.41, 5.74) is 3.43. The largest absolute Gasteiger partial charge is 0.494 e. The second-order valence-corrected chi connectivity index (χ2v) is 8.50. The van der Waals surface area contributed by atoms with Gasteiger partial charge in [-0.05, 0) is 75.3 Å². The number of H-pyrrole nitrogens is 1. The molecule has 0 amide bonds. The summed E-state index contributed by atoms with van der Waals surface area (Å²) in [6.07, 6.45) is 2.15. The number of hydrogen-bond donors (Lipinski definition) is 2. The van der Waals surface area contributed by atoms with Crippen molar-refractivity contribution in [2.24, 2.45) is 0 Å². The molecule has 7 heteroatoms. The van der Waals surface area contributed by atoms with Crippen molar-refractivity contribution in [1.82, 2.24) is 9.88 Å². The Balaban J connectivity index is 1.59. The predicted molar refractivity (Wildman–Crippen MR) is 133 cm³/mol. The molecule has 2 heterocycles. The molecule has 1 aliphatic heterocycles. The maximum atomic E-state index is 12.8. The van der Waals surface area contributed by atoms with Gasteiger partial charge in [0.25, 0.3) is 5.56 Å². The topological polar surface area (TPSA) is 66.6 Å². The lowest BCUT2D eigenvalue weighted by atomic mass is 10.1. The number of aromatic amines is 1. The van der Waals surface area contributed by atoms with Crippen LogP contribution in [0.1, 0.15) is 30.9 Å². The predicted octanol–water partition coefficient (Wildman–Crippen LogP) is 4.61. The average Bonchev–Trinajstić information content (AvgIpc) is 3.29. The lowest BCUT2D eigenvalue weighted by molar-refractivity contribution is 0.0904. The van der Waals surface area contributed by atoms with E-state index < -0.39 is 0 Å². The minimum Gasteiger partial charge on any atom is -0.494 e. The maximum absolute atomic E-state index is 12.8. The van der Waals surface area contributed by atoms with Crippen molar-refractivity contribution in [3.8, 4) is 5.75 Å². The van der Waals surface area contributed by atoms with Crippen molar-refractivity contribution in [3.63, 3.8) is 0 Å². The van der Waals surface area contributed by atoms with E-state index in [2.05, 4.69) is 17.2 Å². The number of pyridine rings is 1. The fourth-order valence-corrected chi connectivity index (χ4v) is 4.16. The quantitative estimate of drug-likeness (QED) is 0.511. The summed E-state index contributed by atoms with van der Waals surface area (Å²) >= 11 is 5.75. The van der Waals surface area contributed by atoms with Gasteiger partial charge in [0.2, 0.25) is 0 Å². The minimum absolute atomic E-state index is 0.108. The molecule has 1 atom stereocenters. The van der Waals surface area contributed by atoms with E-state index in [1.807, 2.05) is 60.4 Å². The van der Waals surface area contributed by atoms with E-state index in [1.54, 1.807) is 0 Å². The molecular weight excluding hydrogens is 422 g/mol. The normalized spacial score (nSPS) is 15.6. The summed E-state index contributed by atoms with van der Waals surface area (Å²) in [6, 6.07) is 15.7. The smallest absolute Gasteiger partial charge is 0.253 e. The van der Waals surface area contributed by atoms with Gasteiger partial charge < -0.3 is 24.7 Å². The molecular formula is C25H29N3O3S. The van der Waals surface area contributed by atoms with Crippen LogP contribution in [0, 0.1) is 6.92 Å². The zero-order valence-corrected chi connectivity index (χ0v) is 19.3. The molecule has 2 aromatic carbocycles. The highest BCUT2D eigenvalue weighted by Gasteiger charge is 2.22. The molecule has 3 aromatic rings. The zero-order valence-electron chi connectivity index (χ0n) is 18.5. The third-order valence-electron chi connectivity index (χ3n) is 5.60. The molecule has 2 N–H and O–H groups in total. The zero-order chi connectivity index (χ0) is 22.5. The van der Waals surface area contributed by atoms with Crippen LogP contribution in [-0.2, 0) is 11.3 Å². The van der Waals surface area contributed by atoms with Crippen LogP contribution in [0.4, 0.5) is 5.69 Å². The third kappa shape index (κ3) is 5.47. The summed E-state index contributed by atoms with van der Waals surface area (Å²) in [5.74, 6) is 0.783. The van der Waals surface area contributed by atoms with Gasteiger partial charge in [-0.1, -0.05) is 17.7 Å². The highest BCUT2D eigenvalue weighted by atomic mass is 32.1. The van der Waals surface area contributed by atoms with E-state index in [4.69, 9.17) is 21.7 Å². The summed E-state index contributed by atoms with van der Waals surface area (Å²) in [4.78, 5) is 17.8. The lowest BCUT2D eigenvalue weighted by Gasteiger charge is -2.28. The molecule has 6 nitrogen and oxygen atoms in total. The van der Waals surface area contributed by atoms with E-state index in [0.717, 1.165) is 41.8 Å². The highest BCUT2D eigenvalue weighted by molar-refractivity contribution is 7.80.